The van der Waals surface area contributed by atoms with Gasteiger partial charge in [0.1, 0.15) is 5.82 Å². The van der Waals surface area contributed by atoms with Gasteiger partial charge in [-0.3, -0.25) is 9.78 Å². The number of benzene rings is 2. The summed E-state index contributed by atoms with van der Waals surface area (Å²) in [7, 11) is 1.60. The van der Waals surface area contributed by atoms with Gasteiger partial charge in [0.25, 0.3) is 0 Å². The van der Waals surface area contributed by atoms with E-state index in [1.165, 1.54) is 17.0 Å². The molecular weight excluding hydrogens is 393 g/mol. The number of carbonyl (C=O) groups is 2. The molecule has 2 aromatic carbocycles. The topological polar surface area (TPSA) is 62.3 Å². The number of Topliss-reactive ketones (excluding diaryl/α,β-unsaturated/α-hetero) is 1. The number of nitrogens with zero attached hydrogens (tertiary/aromatic N) is 2. The molecule has 5 nitrogen and oxygen atoms in total. The Morgan fingerprint density at radius 3 is 2.58 bits per heavy atom. The number of aromatic nitrogens is 1. The Kier molecular flexibility index (Phi) is 5.55. The average Bonchev–Trinajstić information content (AvgIpc) is 2.75. The zero-order valence-corrected chi connectivity index (χ0v) is 17.8. The molecular formula is C25H24FN3O2. The number of rotatable bonds is 5. The van der Waals surface area contributed by atoms with Gasteiger partial charge in [0.05, 0.1) is 11.6 Å². The maximum absolute atomic E-state index is 13.4. The molecule has 6 heteroatoms. The monoisotopic (exact) mass is 417 g/mol. The van der Waals surface area contributed by atoms with Crippen molar-refractivity contribution in [3.63, 3.8) is 0 Å². The van der Waals surface area contributed by atoms with Gasteiger partial charge in [-0.2, -0.15) is 0 Å². The Bertz CT molecular complexity index is 1200. The second-order valence-corrected chi connectivity index (χ2v) is 7.81. The minimum Gasteiger partial charge on any atom is -0.327 e. The van der Waals surface area contributed by atoms with E-state index >= 15 is 0 Å². The van der Waals surface area contributed by atoms with Crippen molar-refractivity contribution in [3.05, 3.63) is 88.5 Å². The van der Waals surface area contributed by atoms with Crippen molar-refractivity contribution >= 4 is 22.7 Å². The Hall–Kier alpha value is -3.54. The van der Waals surface area contributed by atoms with Crippen molar-refractivity contribution in [1.29, 1.82) is 0 Å². The first kappa shape index (κ1) is 20.7. The summed E-state index contributed by atoms with van der Waals surface area (Å²) in [5, 5.41) is 3.90. The highest BCUT2D eigenvalue weighted by Crippen LogP contribution is 2.29. The highest BCUT2D eigenvalue weighted by atomic mass is 19.1. The quantitative estimate of drug-likeness (QED) is 0.658. The minimum atomic E-state index is -0.619. The summed E-state index contributed by atoms with van der Waals surface area (Å²) in [5.41, 5.74) is 5.05. The van der Waals surface area contributed by atoms with Crippen LogP contribution < -0.4 is 5.32 Å². The number of hydrogen-bond donors (Lipinski definition) is 1. The molecule has 158 valence electrons. The summed E-state index contributed by atoms with van der Waals surface area (Å²) < 4.78 is 13.4. The molecule has 2 amide bonds. The molecule has 0 radical (unpaired) electrons. The van der Waals surface area contributed by atoms with Crippen LogP contribution in [0.5, 0.6) is 0 Å². The average molecular weight is 417 g/mol. The third kappa shape index (κ3) is 4.06. The molecule has 1 aromatic heterocycles. The number of hydrogen-bond acceptors (Lipinski definition) is 3. The van der Waals surface area contributed by atoms with Crippen LogP contribution in [0.4, 0.5) is 9.18 Å². The van der Waals surface area contributed by atoms with Crippen LogP contribution in [0.2, 0.25) is 0 Å². The summed E-state index contributed by atoms with van der Waals surface area (Å²) in [6.07, 6.45) is 2.56. The highest BCUT2D eigenvalue weighted by molar-refractivity contribution is 6.01. The Morgan fingerprint density at radius 1 is 1.13 bits per heavy atom. The maximum Gasteiger partial charge on any atom is 0.321 e. The normalized spacial score (nSPS) is 16.3. The molecule has 1 aliphatic rings. The van der Waals surface area contributed by atoms with Gasteiger partial charge >= 0.3 is 6.03 Å². The Labute approximate surface area is 180 Å². The Balaban J connectivity index is 1.70. The first-order valence-electron chi connectivity index (χ1n) is 10.3. The van der Waals surface area contributed by atoms with Crippen LogP contribution in [0.1, 0.15) is 35.3 Å². The van der Waals surface area contributed by atoms with Crippen LogP contribution in [0, 0.1) is 12.7 Å². The van der Waals surface area contributed by atoms with Crippen molar-refractivity contribution in [3.8, 4) is 0 Å². The van der Waals surface area contributed by atoms with Crippen LogP contribution in [0.25, 0.3) is 10.9 Å². The highest BCUT2D eigenvalue weighted by Gasteiger charge is 2.30. The van der Waals surface area contributed by atoms with Crippen molar-refractivity contribution in [2.24, 2.45) is 0 Å². The molecule has 2 heterocycles. The zero-order chi connectivity index (χ0) is 22.1. The van der Waals surface area contributed by atoms with Crippen LogP contribution in [-0.2, 0) is 17.6 Å². The van der Waals surface area contributed by atoms with Crippen LogP contribution in [0.3, 0.4) is 0 Å². The van der Waals surface area contributed by atoms with E-state index < -0.39 is 6.04 Å². The van der Waals surface area contributed by atoms with Crippen molar-refractivity contribution in [2.75, 3.05) is 7.05 Å². The van der Waals surface area contributed by atoms with E-state index in [-0.39, 0.29) is 24.1 Å². The molecule has 31 heavy (non-hydrogen) atoms. The van der Waals surface area contributed by atoms with Gasteiger partial charge in [-0.05, 0) is 54.3 Å². The number of halogens is 1. The van der Waals surface area contributed by atoms with E-state index in [4.69, 9.17) is 0 Å². The number of ketones is 1. The number of nitrogens with one attached hydrogen (secondary N) is 1. The lowest BCUT2D eigenvalue weighted by Crippen LogP contribution is -2.43. The van der Waals surface area contributed by atoms with E-state index in [1.807, 2.05) is 25.1 Å². The smallest absolute Gasteiger partial charge is 0.321 e. The first-order valence-corrected chi connectivity index (χ1v) is 10.3. The fraction of sp³-hybridized carbons (Fsp3) is 0.240. The van der Waals surface area contributed by atoms with Crippen molar-refractivity contribution < 1.29 is 14.0 Å². The molecule has 0 spiro atoms. The molecule has 3 aromatic rings. The molecule has 4 rings (SSSR count). The van der Waals surface area contributed by atoms with Gasteiger partial charge < -0.3 is 10.2 Å². The number of carbonyl (C=O) groups excluding carboxylic acids is 2. The van der Waals surface area contributed by atoms with Crippen molar-refractivity contribution in [2.45, 2.75) is 32.7 Å². The molecule has 0 fully saturated rings. The summed E-state index contributed by atoms with van der Waals surface area (Å²) in [4.78, 5) is 31.6. The van der Waals surface area contributed by atoms with Gasteiger partial charge in [-0.15, -0.1) is 0 Å². The fourth-order valence-electron chi connectivity index (χ4n) is 4.07. The van der Waals surface area contributed by atoms with Gasteiger partial charge in [-0.1, -0.05) is 31.2 Å². The van der Waals surface area contributed by atoms with Gasteiger partial charge in [-0.25, -0.2) is 9.18 Å². The SMILES string of the molecule is CCc1c(CC(=O)C2=CN(C)C(=O)N[C@H]2c2ccc(F)cc2)ccc2nc(C)ccc12. The number of urea groups is 1. The lowest BCUT2D eigenvalue weighted by molar-refractivity contribution is -0.115. The summed E-state index contributed by atoms with van der Waals surface area (Å²) in [6.45, 7) is 4.02. The lowest BCUT2D eigenvalue weighted by atomic mass is 9.89. The zero-order valence-electron chi connectivity index (χ0n) is 17.8. The minimum absolute atomic E-state index is 0.0877. The fourth-order valence-corrected chi connectivity index (χ4v) is 4.07. The van der Waals surface area contributed by atoms with Crippen LogP contribution in [0.15, 0.2) is 60.3 Å². The lowest BCUT2D eigenvalue weighted by Gasteiger charge is -2.30. The summed E-state index contributed by atoms with van der Waals surface area (Å²) >= 11 is 0. The van der Waals surface area contributed by atoms with Gasteiger partial charge in [0.2, 0.25) is 0 Å². The molecule has 1 aliphatic heterocycles. The molecule has 0 bridgehead atoms. The second-order valence-electron chi connectivity index (χ2n) is 7.81. The van der Waals surface area contributed by atoms with Gasteiger partial charge in [0.15, 0.2) is 5.78 Å². The third-order valence-electron chi connectivity index (χ3n) is 5.68. The molecule has 0 saturated heterocycles. The van der Waals surface area contributed by atoms with Crippen LogP contribution >= 0.6 is 0 Å². The van der Waals surface area contributed by atoms with E-state index in [2.05, 4.69) is 23.3 Å². The molecule has 0 aliphatic carbocycles. The van der Waals surface area contributed by atoms with Gasteiger partial charge in [0, 0.05) is 36.3 Å². The van der Waals surface area contributed by atoms with Crippen LogP contribution in [-0.4, -0.2) is 28.7 Å². The second kappa shape index (κ2) is 8.30. The summed E-state index contributed by atoms with van der Waals surface area (Å²) in [6, 6.07) is 12.9. The maximum atomic E-state index is 13.4. The predicted molar refractivity (Wildman–Crippen MR) is 118 cm³/mol. The molecule has 0 unspecified atom stereocenters. The number of fused-ring (bicyclic) bond motifs is 1. The first-order chi connectivity index (χ1) is 14.9. The largest absolute Gasteiger partial charge is 0.327 e. The van der Waals surface area contributed by atoms with E-state index in [0.29, 0.717) is 11.1 Å². The number of aryl methyl sites for hydroxylation is 2. The predicted octanol–water partition coefficient (Wildman–Crippen LogP) is 4.64. The number of amides is 2. The Morgan fingerprint density at radius 2 is 1.87 bits per heavy atom. The van der Waals surface area contributed by atoms with E-state index in [0.717, 1.165) is 34.1 Å². The summed E-state index contributed by atoms with van der Waals surface area (Å²) in [5.74, 6) is -0.456. The van der Waals surface area contributed by atoms with E-state index in [1.54, 1.807) is 25.4 Å². The third-order valence-corrected chi connectivity index (χ3v) is 5.68. The molecule has 1 N–H and O–H groups in total. The number of pyridine rings is 1. The molecule has 0 saturated carbocycles. The van der Waals surface area contributed by atoms with E-state index in [9.17, 15) is 14.0 Å². The standard InChI is InChI=1S/C25H24FN3O2/c1-4-19-17(8-12-22-20(19)11-5-15(2)27-22)13-23(30)21-14-29(3)25(31)28-24(21)16-6-9-18(26)10-7-16/h5-12,14,24H,4,13H2,1-3H3,(H,28,31)/t24-/m0/s1. The van der Waals surface area contributed by atoms with Crippen molar-refractivity contribution in [1.82, 2.24) is 15.2 Å². The molecule has 1 atom stereocenters.